The van der Waals surface area contributed by atoms with Crippen LogP contribution in [0.15, 0.2) is 84.3 Å². The second-order valence-corrected chi connectivity index (χ2v) is 7.24. The molecule has 25 heavy (non-hydrogen) atoms. The van der Waals surface area contributed by atoms with Gasteiger partial charge in [0, 0.05) is 29.0 Å². The van der Waals surface area contributed by atoms with Crippen molar-refractivity contribution in [3.05, 3.63) is 101 Å². The van der Waals surface area contributed by atoms with Crippen LogP contribution in [0.2, 0.25) is 0 Å². The predicted octanol–water partition coefficient (Wildman–Crippen LogP) is 6.48. The van der Waals surface area contributed by atoms with E-state index in [-0.39, 0.29) is 0 Å². The number of thioether (sulfide) groups is 1. The summed E-state index contributed by atoms with van der Waals surface area (Å²) in [4.78, 5) is 2.44. The molecule has 3 aromatic carbocycles. The van der Waals surface area contributed by atoms with Gasteiger partial charge in [0.2, 0.25) is 0 Å². The number of para-hydroxylation sites is 2. The van der Waals surface area contributed by atoms with Gasteiger partial charge in [-0.05, 0) is 34.4 Å². The first-order valence-electron chi connectivity index (χ1n) is 8.70. The van der Waals surface area contributed by atoms with E-state index in [1.54, 1.807) is 0 Å². The normalized spacial score (nSPS) is 12.5. The molecule has 0 bridgehead atoms. The number of hydrogen-bond acceptors (Lipinski definition) is 2. The molecule has 0 saturated carbocycles. The van der Waals surface area contributed by atoms with E-state index < -0.39 is 0 Å². The lowest BCUT2D eigenvalue weighted by Crippen LogP contribution is -2.22. The van der Waals surface area contributed by atoms with E-state index in [0.29, 0.717) is 0 Å². The molecular formula is C23H21NS. The van der Waals surface area contributed by atoms with E-state index in [2.05, 4.69) is 96.1 Å². The Morgan fingerprint density at radius 2 is 1.32 bits per heavy atom. The van der Waals surface area contributed by atoms with E-state index in [1.807, 2.05) is 11.8 Å². The fraction of sp³-hybridized carbons (Fsp3) is 0.130. The van der Waals surface area contributed by atoms with Gasteiger partial charge in [0.15, 0.2) is 0 Å². The number of nitrogens with zero attached hydrogens (tertiary/aromatic N) is 1. The third-order valence-corrected chi connectivity index (χ3v) is 5.26. The van der Waals surface area contributed by atoms with E-state index in [1.165, 1.54) is 33.6 Å². The van der Waals surface area contributed by atoms with Crippen molar-refractivity contribution in [3.8, 4) is 0 Å². The maximum atomic E-state index is 2.44. The number of fused-ring (bicyclic) bond motifs is 2. The summed E-state index contributed by atoms with van der Waals surface area (Å²) in [5.41, 5.74) is 7.86. The highest BCUT2D eigenvalue weighted by Crippen LogP contribution is 2.46. The molecule has 2 heteroatoms. The zero-order valence-electron chi connectivity index (χ0n) is 14.4. The minimum absolute atomic E-state index is 0.878. The molecule has 0 N–H and O–H groups in total. The van der Waals surface area contributed by atoms with Crippen molar-refractivity contribution in [2.24, 2.45) is 0 Å². The first-order chi connectivity index (χ1) is 12.4. The van der Waals surface area contributed by atoms with Crippen LogP contribution in [0, 0.1) is 0 Å². The van der Waals surface area contributed by atoms with Crippen LogP contribution < -0.4 is 4.90 Å². The lowest BCUT2D eigenvalue weighted by atomic mass is 9.91. The summed E-state index contributed by atoms with van der Waals surface area (Å²) in [6.07, 6.45) is 0. The van der Waals surface area contributed by atoms with Gasteiger partial charge in [0.05, 0.1) is 0 Å². The van der Waals surface area contributed by atoms with Gasteiger partial charge in [0.25, 0.3) is 0 Å². The van der Waals surface area contributed by atoms with E-state index >= 15 is 0 Å². The zero-order chi connectivity index (χ0) is 17.1. The molecule has 0 aliphatic carbocycles. The number of hydrogen-bond donors (Lipinski definition) is 0. The predicted molar refractivity (Wildman–Crippen MR) is 110 cm³/mol. The largest absolute Gasteiger partial charge is 0.336 e. The molecule has 0 saturated heterocycles. The SMILES string of the molecule is CCSC=C1c2ccccc2N(Cc2ccccc2)c2ccccc21. The summed E-state index contributed by atoms with van der Waals surface area (Å²) in [6.45, 7) is 3.08. The average molecular weight is 343 g/mol. The summed E-state index contributed by atoms with van der Waals surface area (Å²) in [6, 6.07) is 28.2. The van der Waals surface area contributed by atoms with Gasteiger partial charge < -0.3 is 4.90 Å². The maximum Gasteiger partial charge on any atom is 0.0494 e. The molecule has 4 rings (SSSR count). The molecule has 3 aromatic rings. The molecule has 1 heterocycles. The summed E-state index contributed by atoms with van der Waals surface area (Å²) in [5, 5.41) is 2.32. The summed E-state index contributed by atoms with van der Waals surface area (Å²) < 4.78 is 0. The van der Waals surface area contributed by atoms with Gasteiger partial charge >= 0.3 is 0 Å². The molecule has 124 valence electrons. The Bertz CT molecular complexity index is 849. The highest BCUT2D eigenvalue weighted by molar-refractivity contribution is 8.02. The molecule has 0 radical (unpaired) electrons. The lowest BCUT2D eigenvalue weighted by Gasteiger charge is -2.34. The molecule has 1 aliphatic rings. The van der Waals surface area contributed by atoms with E-state index in [0.717, 1.165) is 12.3 Å². The van der Waals surface area contributed by atoms with Crippen molar-refractivity contribution in [2.45, 2.75) is 13.5 Å². The third-order valence-electron chi connectivity index (χ3n) is 4.52. The molecule has 0 amide bonds. The zero-order valence-corrected chi connectivity index (χ0v) is 15.2. The van der Waals surface area contributed by atoms with Gasteiger partial charge in [-0.2, -0.15) is 0 Å². The highest BCUT2D eigenvalue weighted by Gasteiger charge is 2.25. The highest BCUT2D eigenvalue weighted by atomic mass is 32.2. The molecule has 1 aliphatic heterocycles. The Morgan fingerprint density at radius 3 is 1.92 bits per heavy atom. The topological polar surface area (TPSA) is 3.24 Å². The molecule has 0 unspecified atom stereocenters. The van der Waals surface area contributed by atoms with Gasteiger partial charge in [-0.3, -0.25) is 0 Å². The molecular weight excluding hydrogens is 322 g/mol. The smallest absolute Gasteiger partial charge is 0.0494 e. The Morgan fingerprint density at radius 1 is 0.760 bits per heavy atom. The van der Waals surface area contributed by atoms with Crippen LogP contribution in [-0.4, -0.2) is 5.75 Å². The Kier molecular flexibility index (Phi) is 4.62. The van der Waals surface area contributed by atoms with Crippen LogP contribution in [0.25, 0.3) is 5.57 Å². The molecule has 0 fully saturated rings. The molecule has 0 atom stereocenters. The molecule has 0 aromatic heterocycles. The summed E-state index contributed by atoms with van der Waals surface area (Å²) in [7, 11) is 0. The number of rotatable bonds is 4. The van der Waals surface area contributed by atoms with Crippen molar-refractivity contribution in [1.82, 2.24) is 0 Å². The van der Waals surface area contributed by atoms with Gasteiger partial charge in [-0.25, -0.2) is 0 Å². The molecule has 1 nitrogen and oxygen atoms in total. The van der Waals surface area contributed by atoms with Crippen molar-refractivity contribution in [3.63, 3.8) is 0 Å². The maximum absolute atomic E-state index is 2.44. The average Bonchev–Trinajstić information content (AvgIpc) is 2.68. The first kappa shape index (κ1) is 16.0. The Hall–Kier alpha value is -2.45. The van der Waals surface area contributed by atoms with Crippen LogP contribution in [0.5, 0.6) is 0 Å². The quantitative estimate of drug-likeness (QED) is 0.533. The monoisotopic (exact) mass is 343 g/mol. The number of benzene rings is 3. The van der Waals surface area contributed by atoms with Crippen molar-refractivity contribution in [2.75, 3.05) is 10.7 Å². The minimum atomic E-state index is 0.878. The van der Waals surface area contributed by atoms with Crippen molar-refractivity contribution < 1.29 is 0 Å². The molecule has 0 spiro atoms. The van der Waals surface area contributed by atoms with Crippen LogP contribution in [0.1, 0.15) is 23.6 Å². The third kappa shape index (κ3) is 3.10. The fourth-order valence-corrected chi connectivity index (χ4v) is 3.97. The van der Waals surface area contributed by atoms with Crippen LogP contribution >= 0.6 is 11.8 Å². The minimum Gasteiger partial charge on any atom is -0.336 e. The first-order valence-corrected chi connectivity index (χ1v) is 9.75. The number of anilines is 2. The fourth-order valence-electron chi connectivity index (χ4n) is 3.38. The van der Waals surface area contributed by atoms with Gasteiger partial charge in [-0.1, -0.05) is 73.7 Å². The summed E-state index contributed by atoms with van der Waals surface area (Å²) in [5.74, 6) is 1.08. The van der Waals surface area contributed by atoms with Crippen molar-refractivity contribution in [1.29, 1.82) is 0 Å². The summed E-state index contributed by atoms with van der Waals surface area (Å²) >= 11 is 1.87. The second-order valence-electron chi connectivity index (χ2n) is 6.09. The van der Waals surface area contributed by atoms with Crippen LogP contribution in [0.3, 0.4) is 0 Å². The Labute approximate surface area is 154 Å². The van der Waals surface area contributed by atoms with Gasteiger partial charge in [-0.15, -0.1) is 11.8 Å². The van der Waals surface area contributed by atoms with E-state index in [9.17, 15) is 0 Å². The lowest BCUT2D eigenvalue weighted by molar-refractivity contribution is 0.963. The Balaban J connectivity index is 1.86. The van der Waals surface area contributed by atoms with Crippen LogP contribution in [0.4, 0.5) is 11.4 Å². The van der Waals surface area contributed by atoms with Gasteiger partial charge in [0.1, 0.15) is 0 Å². The van der Waals surface area contributed by atoms with Crippen molar-refractivity contribution >= 4 is 28.7 Å². The van der Waals surface area contributed by atoms with Crippen LogP contribution in [-0.2, 0) is 6.54 Å². The second kappa shape index (κ2) is 7.20. The standard InChI is InChI=1S/C23H21NS/c1-2-25-17-21-19-12-6-8-14-22(19)24(16-18-10-4-3-5-11-18)23-15-9-7-13-20(21)23/h3-15,17H,2,16H2,1H3. The van der Waals surface area contributed by atoms with E-state index in [4.69, 9.17) is 0 Å².